The van der Waals surface area contributed by atoms with Crippen LogP contribution in [0.15, 0.2) is 0 Å². The molecular formula is C9H17N2O. The second-order valence-corrected chi connectivity index (χ2v) is 3.53. The second-order valence-electron chi connectivity index (χ2n) is 3.53. The summed E-state index contributed by atoms with van der Waals surface area (Å²) in [6.45, 7) is 6.81. The van der Waals surface area contributed by atoms with Crippen molar-refractivity contribution >= 4 is 0 Å². The molecule has 0 amide bonds. The van der Waals surface area contributed by atoms with E-state index < -0.39 is 0 Å². The maximum Gasteiger partial charge on any atom is 0.0813 e. The highest BCUT2D eigenvalue weighted by Gasteiger charge is 2.21. The summed E-state index contributed by atoms with van der Waals surface area (Å²) in [6.07, 6.45) is 4.06. The first-order valence-electron chi connectivity index (χ1n) is 4.81. The van der Waals surface area contributed by atoms with Crippen LogP contribution in [0, 0.1) is 6.42 Å². The Morgan fingerprint density at radius 2 is 2.17 bits per heavy atom. The summed E-state index contributed by atoms with van der Waals surface area (Å²) in [6, 6.07) is 0. The molecule has 1 unspecified atom stereocenters. The molecule has 0 aromatic rings. The molecule has 1 atom stereocenters. The molecule has 2 fully saturated rings. The number of ether oxygens (including phenoxy) is 1. The van der Waals surface area contributed by atoms with E-state index in [4.69, 9.17) is 4.74 Å². The van der Waals surface area contributed by atoms with Gasteiger partial charge in [0.2, 0.25) is 0 Å². The lowest BCUT2D eigenvalue weighted by molar-refractivity contribution is 0.254. The lowest BCUT2D eigenvalue weighted by Crippen LogP contribution is -2.43. The summed E-state index contributed by atoms with van der Waals surface area (Å²) < 4.78 is 5.14. The Labute approximate surface area is 74.1 Å². The summed E-state index contributed by atoms with van der Waals surface area (Å²) in [5, 5.41) is 3.35. The van der Waals surface area contributed by atoms with Crippen molar-refractivity contribution in [2.75, 3.05) is 39.3 Å². The first kappa shape index (κ1) is 8.48. The quantitative estimate of drug-likeness (QED) is 0.595. The number of rotatable bonds is 4. The molecular weight excluding hydrogens is 152 g/mol. The lowest BCUT2D eigenvalue weighted by Gasteiger charge is -2.26. The molecule has 2 saturated heterocycles. The Kier molecular flexibility index (Phi) is 2.98. The van der Waals surface area contributed by atoms with E-state index in [9.17, 15) is 0 Å². The van der Waals surface area contributed by atoms with E-state index in [-0.39, 0.29) is 0 Å². The van der Waals surface area contributed by atoms with Crippen LogP contribution >= 0.6 is 0 Å². The van der Waals surface area contributed by atoms with Crippen molar-refractivity contribution in [1.82, 2.24) is 10.2 Å². The van der Waals surface area contributed by atoms with Crippen molar-refractivity contribution in [3.63, 3.8) is 0 Å². The maximum atomic E-state index is 5.14. The molecule has 12 heavy (non-hydrogen) atoms. The van der Waals surface area contributed by atoms with Crippen molar-refractivity contribution in [3.8, 4) is 0 Å². The second kappa shape index (κ2) is 4.21. The van der Waals surface area contributed by atoms with E-state index in [1.54, 1.807) is 0 Å². The Balaban J connectivity index is 1.52. The van der Waals surface area contributed by atoms with Gasteiger partial charge in [0.15, 0.2) is 0 Å². The van der Waals surface area contributed by atoms with Gasteiger partial charge in [-0.15, -0.1) is 0 Å². The van der Waals surface area contributed by atoms with Gasteiger partial charge in [0.05, 0.1) is 12.7 Å². The molecule has 2 heterocycles. The van der Waals surface area contributed by atoms with Crippen LogP contribution < -0.4 is 5.32 Å². The van der Waals surface area contributed by atoms with Gasteiger partial charge in [-0.1, -0.05) is 0 Å². The van der Waals surface area contributed by atoms with Crippen LogP contribution in [0.1, 0.15) is 6.42 Å². The minimum Gasteiger partial charge on any atom is -0.373 e. The van der Waals surface area contributed by atoms with Gasteiger partial charge in [0.25, 0.3) is 0 Å². The highest BCUT2D eigenvalue weighted by molar-refractivity contribution is 4.82. The van der Waals surface area contributed by atoms with Crippen molar-refractivity contribution in [1.29, 1.82) is 0 Å². The van der Waals surface area contributed by atoms with Crippen molar-refractivity contribution in [3.05, 3.63) is 6.42 Å². The number of piperazine rings is 1. The number of hydrogen-bond donors (Lipinski definition) is 1. The first-order valence-corrected chi connectivity index (χ1v) is 4.81. The number of epoxide rings is 1. The van der Waals surface area contributed by atoms with E-state index >= 15 is 0 Å². The predicted octanol–water partition coefficient (Wildman–Crippen LogP) is -0.115. The zero-order valence-corrected chi connectivity index (χ0v) is 7.46. The molecule has 3 nitrogen and oxygen atoms in total. The van der Waals surface area contributed by atoms with Crippen LogP contribution in [0.4, 0.5) is 0 Å². The Hall–Kier alpha value is -0.120. The first-order chi connectivity index (χ1) is 5.95. The fraction of sp³-hybridized carbons (Fsp3) is 0.889. The highest BCUT2D eigenvalue weighted by Crippen LogP contribution is 2.14. The fourth-order valence-electron chi connectivity index (χ4n) is 1.54. The molecule has 1 N–H and O–H groups in total. The Morgan fingerprint density at radius 3 is 2.83 bits per heavy atom. The van der Waals surface area contributed by atoms with E-state index in [1.807, 2.05) is 0 Å². The zero-order chi connectivity index (χ0) is 8.23. The summed E-state index contributed by atoms with van der Waals surface area (Å²) in [4.78, 5) is 2.49. The van der Waals surface area contributed by atoms with Crippen molar-refractivity contribution in [2.45, 2.75) is 12.5 Å². The molecule has 2 aliphatic rings. The molecule has 2 aliphatic heterocycles. The number of hydrogen-bond acceptors (Lipinski definition) is 3. The van der Waals surface area contributed by atoms with E-state index in [0.29, 0.717) is 6.10 Å². The molecule has 69 valence electrons. The molecule has 0 bridgehead atoms. The minimum atomic E-state index is 0.563. The average Bonchev–Trinajstić information content (AvgIpc) is 2.90. The third-order valence-electron chi connectivity index (χ3n) is 2.43. The molecule has 0 saturated carbocycles. The van der Waals surface area contributed by atoms with Crippen LogP contribution in [-0.2, 0) is 4.74 Å². The minimum absolute atomic E-state index is 0.563. The van der Waals surface area contributed by atoms with Crippen molar-refractivity contribution < 1.29 is 4.74 Å². The SMILES string of the molecule is [CH](CC1CO1)CN1CCNCC1. The third-order valence-corrected chi connectivity index (χ3v) is 2.43. The van der Waals surface area contributed by atoms with Crippen molar-refractivity contribution in [2.24, 2.45) is 0 Å². The zero-order valence-electron chi connectivity index (χ0n) is 7.46. The van der Waals surface area contributed by atoms with Gasteiger partial charge in [0.1, 0.15) is 0 Å². The van der Waals surface area contributed by atoms with Crippen LogP contribution in [0.5, 0.6) is 0 Å². The number of nitrogens with one attached hydrogen (secondary N) is 1. The summed E-state index contributed by atoms with van der Waals surface area (Å²) >= 11 is 0. The fourth-order valence-corrected chi connectivity index (χ4v) is 1.54. The molecule has 0 aliphatic carbocycles. The smallest absolute Gasteiger partial charge is 0.0813 e. The van der Waals surface area contributed by atoms with Gasteiger partial charge < -0.3 is 15.0 Å². The van der Waals surface area contributed by atoms with E-state index in [0.717, 1.165) is 32.7 Å². The largest absolute Gasteiger partial charge is 0.373 e. The Bertz CT molecular complexity index is 130. The standard InChI is InChI=1S/C9H17N2O/c1(2-9-8-12-9)5-11-6-3-10-4-7-11/h1,9-10H,2-8H2. The summed E-state index contributed by atoms with van der Waals surface area (Å²) in [7, 11) is 0. The highest BCUT2D eigenvalue weighted by atomic mass is 16.6. The van der Waals surface area contributed by atoms with Gasteiger partial charge >= 0.3 is 0 Å². The Morgan fingerprint density at radius 1 is 1.42 bits per heavy atom. The molecule has 1 radical (unpaired) electrons. The summed E-state index contributed by atoms with van der Waals surface area (Å²) in [5.74, 6) is 0. The van der Waals surface area contributed by atoms with E-state index in [1.165, 1.54) is 13.1 Å². The maximum absolute atomic E-state index is 5.14. The molecule has 0 spiro atoms. The predicted molar refractivity (Wildman–Crippen MR) is 48.0 cm³/mol. The van der Waals surface area contributed by atoms with Gasteiger partial charge in [-0.05, 0) is 12.8 Å². The lowest BCUT2D eigenvalue weighted by atomic mass is 10.2. The third kappa shape index (κ3) is 2.73. The molecule has 0 aromatic carbocycles. The van der Waals surface area contributed by atoms with Crippen LogP contribution in [0.2, 0.25) is 0 Å². The molecule has 2 rings (SSSR count). The monoisotopic (exact) mass is 169 g/mol. The van der Waals surface area contributed by atoms with Gasteiger partial charge in [-0.3, -0.25) is 0 Å². The normalized spacial score (nSPS) is 30.5. The van der Waals surface area contributed by atoms with Crippen LogP contribution in [0.25, 0.3) is 0 Å². The van der Waals surface area contributed by atoms with Gasteiger partial charge in [-0.2, -0.15) is 0 Å². The molecule has 0 aromatic heterocycles. The van der Waals surface area contributed by atoms with Gasteiger partial charge in [0, 0.05) is 32.7 Å². The van der Waals surface area contributed by atoms with E-state index in [2.05, 4.69) is 16.6 Å². The number of nitrogens with zero attached hydrogens (tertiary/aromatic N) is 1. The van der Waals surface area contributed by atoms with Gasteiger partial charge in [-0.25, -0.2) is 0 Å². The average molecular weight is 169 g/mol. The summed E-state index contributed by atoms with van der Waals surface area (Å²) in [5.41, 5.74) is 0. The topological polar surface area (TPSA) is 27.8 Å². The molecule has 3 heteroatoms. The van der Waals surface area contributed by atoms with Crippen LogP contribution in [0.3, 0.4) is 0 Å². The van der Waals surface area contributed by atoms with Crippen LogP contribution in [-0.4, -0.2) is 50.3 Å².